The lowest BCUT2D eigenvalue weighted by molar-refractivity contribution is 0.245. The molecule has 1 nitrogen and oxygen atoms in total. The minimum absolute atomic E-state index is 0.777. The third-order valence-corrected chi connectivity index (χ3v) is 2.99. The van der Waals surface area contributed by atoms with E-state index in [4.69, 9.17) is 4.74 Å². The Labute approximate surface area is 115 Å². The molecular weight excluding hydrogens is 232 g/mol. The molecule has 0 fully saturated rings. The summed E-state index contributed by atoms with van der Waals surface area (Å²) >= 11 is 0. The Morgan fingerprint density at radius 1 is 0.895 bits per heavy atom. The number of hydrogen-bond acceptors (Lipinski definition) is 1. The van der Waals surface area contributed by atoms with E-state index in [2.05, 4.69) is 55.5 Å². The lowest BCUT2D eigenvalue weighted by Gasteiger charge is -2.09. The van der Waals surface area contributed by atoms with Gasteiger partial charge in [0, 0.05) is 5.57 Å². The second-order valence-corrected chi connectivity index (χ2v) is 4.49. The van der Waals surface area contributed by atoms with Crippen molar-refractivity contribution in [1.82, 2.24) is 0 Å². The van der Waals surface area contributed by atoms with Gasteiger partial charge in [-0.25, -0.2) is 0 Å². The molecule has 0 aliphatic carbocycles. The van der Waals surface area contributed by atoms with Gasteiger partial charge in [-0.1, -0.05) is 74.0 Å². The van der Waals surface area contributed by atoms with Gasteiger partial charge in [0.1, 0.15) is 0 Å². The molecule has 0 spiro atoms. The van der Waals surface area contributed by atoms with Gasteiger partial charge >= 0.3 is 0 Å². The lowest BCUT2D eigenvalue weighted by Crippen LogP contribution is -1.92. The molecule has 2 aromatic carbocycles. The minimum Gasteiger partial charge on any atom is -0.501 e. The Bertz CT molecular complexity index is 458. The molecule has 0 aromatic heterocycles. The predicted molar refractivity (Wildman–Crippen MR) is 80.8 cm³/mol. The third kappa shape index (κ3) is 3.99. The fourth-order valence-electron chi connectivity index (χ4n) is 1.91. The van der Waals surface area contributed by atoms with E-state index in [1.165, 1.54) is 11.1 Å². The van der Waals surface area contributed by atoms with Crippen molar-refractivity contribution in [3.05, 3.63) is 78.1 Å². The van der Waals surface area contributed by atoms with E-state index in [9.17, 15) is 0 Å². The number of rotatable bonds is 6. The van der Waals surface area contributed by atoms with Crippen molar-refractivity contribution in [1.29, 1.82) is 0 Å². The first-order chi connectivity index (χ1) is 9.42. The molecule has 0 saturated carbocycles. The van der Waals surface area contributed by atoms with Crippen LogP contribution in [-0.4, -0.2) is 6.61 Å². The summed E-state index contributed by atoms with van der Waals surface area (Å²) in [7, 11) is 0. The Balaban J connectivity index is 2.24. The van der Waals surface area contributed by atoms with Crippen molar-refractivity contribution in [3.8, 4) is 0 Å². The van der Waals surface area contributed by atoms with Crippen LogP contribution in [0.25, 0.3) is 5.57 Å². The number of benzene rings is 2. The molecule has 2 rings (SSSR count). The first kappa shape index (κ1) is 13.4. The quantitative estimate of drug-likeness (QED) is 0.525. The molecule has 0 unspecified atom stereocenters. The van der Waals surface area contributed by atoms with Gasteiger partial charge < -0.3 is 4.74 Å². The molecule has 19 heavy (non-hydrogen) atoms. The Kier molecular flexibility index (Phi) is 5.24. The molecule has 0 amide bonds. The van der Waals surface area contributed by atoms with Gasteiger partial charge in [-0.15, -0.1) is 0 Å². The molecule has 0 N–H and O–H groups in total. The van der Waals surface area contributed by atoms with Crippen LogP contribution in [-0.2, 0) is 4.74 Å². The zero-order chi connectivity index (χ0) is 13.3. The summed E-state index contributed by atoms with van der Waals surface area (Å²) in [5.74, 6) is 0. The van der Waals surface area contributed by atoms with Crippen molar-refractivity contribution in [2.45, 2.75) is 19.8 Å². The zero-order valence-corrected chi connectivity index (χ0v) is 11.4. The number of hydrogen-bond donors (Lipinski definition) is 0. The number of ether oxygens (including phenoxy) is 1. The van der Waals surface area contributed by atoms with Crippen LogP contribution in [0.2, 0.25) is 0 Å². The fraction of sp³-hybridized carbons (Fsp3) is 0.222. The highest BCUT2D eigenvalue weighted by Crippen LogP contribution is 2.23. The van der Waals surface area contributed by atoms with Crippen LogP contribution >= 0.6 is 0 Å². The standard InChI is InChI=1S/C18H20O/c1-2-3-14-19-15-18(16-10-6-4-7-11-16)17-12-8-5-9-13-17/h4-13,15H,2-3,14H2,1H3. The van der Waals surface area contributed by atoms with E-state index in [1.54, 1.807) is 0 Å². The average Bonchev–Trinajstić information content (AvgIpc) is 2.49. The van der Waals surface area contributed by atoms with Crippen molar-refractivity contribution >= 4 is 5.57 Å². The molecule has 0 atom stereocenters. The van der Waals surface area contributed by atoms with Crippen LogP contribution in [0, 0.1) is 0 Å². The lowest BCUT2D eigenvalue weighted by atomic mass is 9.99. The Hall–Kier alpha value is -2.02. The largest absolute Gasteiger partial charge is 0.501 e. The van der Waals surface area contributed by atoms with Crippen LogP contribution in [0.3, 0.4) is 0 Å². The third-order valence-electron chi connectivity index (χ3n) is 2.99. The monoisotopic (exact) mass is 252 g/mol. The minimum atomic E-state index is 0.777. The molecule has 1 heteroatoms. The smallest absolute Gasteiger partial charge is 0.0913 e. The van der Waals surface area contributed by atoms with Gasteiger partial charge in [0.25, 0.3) is 0 Å². The second-order valence-electron chi connectivity index (χ2n) is 4.49. The maximum Gasteiger partial charge on any atom is 0.0913 e. The van der Waals surface area contributed by atoms with Crippen molar-refractivity contribution in [2.75, 3.05) is 6.61 Å². The zero-order valence-electron chi connectivity index (χ0n) is 11.4. The van der Waals surface area contributed by atoms with Crippen molar-refractivity contribution in [2.24, 2.45) is 0 Å². The second kappa shape index (κ2) is 7.42. The summed E-state index contributed by atoms with van der Waals surface area (Å²) in [5.41, 5.74) is 3.51. The summed E-state index contributed by atoms with van der Waals surface area (Å²) < 4.78 is 5.68. The van der Waals surface area contributed by atoms with Gasteiger partial charge in [0.2, 0.25) is 0 Å². The number of unbranched alkanes of at least 4 members (excludes halogenated alkanes) is 1. The molecule has 0 heterocycles. The highest BCUT2D eigenvalue weighted by atomic mass is 16.5. The van der Waals surface area contributed by atoms with Crippen LogP contribution in [0.1, 0.15) is 30.9 Å². The van der Waals surface area contributed by atoms with Gasteiger partial charge in [0.05, 0.1) is 12.9 Å². The van der Waals surface area contributed by atoms with E-state index in [1.807, 2.05) is 18.4 Å². The normalized spacial score (nSPS) is 9.95. The van der Waals surface area contributed by atoms with Crippen LogP contribution in [0.15, 0.2) is 66.9 Å². The van der Waals surface area contributed by atoms with E-state index in [0.29, 0.717) is 0 Å². The summed E-state index contributed by atoms with van der Waals surface area (Å²) in [4.78, 5) is 0. The maximum atomic E-state index is 5.68. The summed E-state index contributed by atoms with van der Waals surface area (Å²) in [6.45, 7) is 2.95. The summed E-state index contributed by atoms with van der Waals surface area (Å²) in [5, 5.41) is 0. The molecule has 0 bridgehead atoms. The van der Waals surface area contributed by atoms with E-state index >= 15 is 0 Å². The fourth-order valence-corrected chi connectivity index (χ4v) is 1.91. The van der Waals surface area contributed by atoms with E-state index in [-0.39, 0.29) is 0 Å². The molecule has 0 aliphatic heterocycles. The topological polar surface area (TPSA) is 9.23 Å². The molecular formula is C18H20O. The highest BCUT2D eigenvalue weighted by molar-refractivity contribution is 5.78. The summed E-state index contributed by atoms with van der Waals surface area (Å²) in [6, 6.07) is 20.7. The molecule has 98 valence electrons. The predicted octanol–water partition coefficient (Wildman–Crippen LogP) is 4.89. The van der Waals surface area contributed by atoms with Crippen LogP contribution in [0.5, 0.6) is 0 Å². The first-order valence-electron chi connectivity index (χ1n) is 6.84. The molecule has 2 aromatic rings. The van der Waals surface area contributed by atoms with Crippen molar-refractivity contribution in [3.63, 3.8) is 0 Å². The van der Waals surface area contributed by atoms with Gasteiger partial charge in [-0.05, 0) is 17.5 Å². The van der Waals surface area contributed by atoms with Gasteiger partial charge in [-0.2, -0.15) is 0 Å². The van der Waals surface area contributed by atoms with Gasteiger partial charge in [-0.3, -0.25) is 0 Å². The highest BCUT2D eigenvalue weighted by Gasteiger charge is 2.04. The van der Waals surface area contributed by atoms with Gasteiger partial charge in [0.15, 0.2) is 0 Å². The Morgan fingerprint density at radius 3 is 1.89 bits per heavy atom. The maximum absolute atomic E-state index is 5.68. The molecule has 0 aliphatic rings. The van der Waals surface area contributed by atoms with E-state index in [0.717, 1.165) is 25.0 Å². The van der Waals surface area contributed by atoms with Crippen molar-refractivity contribution < 1.29 is 4.74 Å². The Morgan fingerprint density at radius 2 is 1.42 bits per heavy atom. The molecule has 0 radical (unpaired) electrons. The SMILES string of the molecule is CCCCOC=C(c1ccccc1)c1ccccc1. The molecule has 0 saturated heterocycles. The first-order valence-corrected chi connectivity index (χ1v) is 6.84. The summed E-state index contributed by atoms with van der Waals surface area (Å²) in [6.07, 6.45) is 4.13. The van der Waals surface area contributed by atoms with Crippen LogP contribution < -0.4 is 0 Å². The van der Waals surface area contributed by atoms with Crippen LogP contribution in [0.4, 0.5) is 0 Å². The van der Waals surface area contributed by atoms with E-state index < -0.39 is 0 Å². The average molecular weight is 252 g/mol.